The van der Waals surface area contributed by atoms with Crippen LogP contribution in [0.15, 0.2) is 24.8 Å². The van der Waals surface area contributed by atoms with E-state index in [1.807, 2.05) is 0 Å². The minimum atomic E-state index is 0.980. The van der Waals surface area contributed by atoms with Gasteiger partial charge in [0, 0.05) is 0 Å². The van der Waals surface area contributed by atoms with Crippen molar-refractivity contribution in [2.45, 2.75) is 58.8 Å². The Bertz CT molecular complexity index is 408. The van der Waals surface area contributed by atoms with Gasteiger partial charge in [0.1, 0.15) is 0 Å². The van der Waals surface area contributed by atoms with Gasteiger partial charge >= 0.3 is 0 Å². The van der Waals surface area contributed by atoms with Crippen LogP contribution in [0, 0.1) is 5.92 Å². The van der Waals surface area contributed by atoms with Gasteiger partial charge in [-0.3, -0.25) is 0 Å². The van der Waals surface area contributed by atoms with E-state index in [1.54, 1.807) is 0 Å². The fraction of sp³-hybridized carbons (Fsp3) is 0.556. The summed E-state index contributed by atoms with van der Waals surface area (Å²) in [5.41, 5.74) is 5.66. The standard InChI is InChI=1S/C18H26/c1-4-16-10-7-11-17(18(16)14(2)3)13-12-15-8-5-6-9-15/h7,10-11,15H,2,4-6,8-9,12-13H2,1,3H3. The Morgan fingerprint density at radius 3 is 2.50 bits per heavy atom. The van der Waals surface area contributed by atoms with Crippen LogP contribution in [0.4, 0.5) is 0 Å². The first-order chi connectivity index (χ1) is 8.72. The van der Waals surface area contributed by atoms with E-state index in [1.165, 1.54) is 60.8 Å². The van der Waals surface area contributed by atoms with Gasteiger partial charge in [-0.25, -0.2) is 0 Å². The van der Waals surface area contributed by atoms with Gasteiger partial charge in [0.2, 0.25) is 0 Å². The van der Waals surface area contributed by atoms with Crippen LogP contribution in [0.5, 0.6) is 0 Å². The smallest absolute Gasteiger partial charge is 0.0169 e. The van der Waals surface area contributed by atoms with Gasteiger partial charge in [0.05, 0.1) is 0 Å². The second-order valence-corrected chi connectivity index (χ2v) is 5.77. The Morgan fingerprint density at radius 1 is 1.22 bits per heavy atom. The summed E-state index contributed by atoms with van der Waals surface area (Å²) in [4.78, 5) is 0. The maximum atomic E-state index is 4.17. The minimum Gasteiger partial charge on any atom is -0.0955 e. The average molecular weight is 242 g/mol. The van der Waals surface area contributed by atoms with Crippen molar-refractivity contribution in [3.63, 3.8) is 0 Å². The largest absolute Gasteiger partial charge is 0.0955 e. The van der Waals surface area contributed by atoms with Gasteiger partial charge in [-0.2, -0.15) is 0 Å². The molecule has 1 aliphatic carbocycles. The average Bonchev–Trinajstić information content (AvgIpc) is 2.88. The Morgan fingerprint density at radius 2 is 1.89 bits per heavy atom. The van der Waals surface area contributed by atoms with Gasteiger partial charge in [-0.1, -0.05) is 63.0 Å². The second kappa shape index (κ2) is 6.22. The molecule has 0 amide bonds. The van der Waals surface area contributed by atoms with Crippen molar-refractivity contribution in [1.82, 2.24) is 0 Å². The van der Waals surface area contributed by atoms with Crippen molar-refractivity contribution in [2.24, 2.45) is 5.92 Å². The van der Waals surface area contributed by atoms with Crippen molar-refractivity contribution in [3.05, 3.63) is 41.5 Å². The Hall–Kier alpha value is -1.04. The monoisotopic (exact) mass is 242 g/mol. The van der Waals surface area contributed by atoms with Gasteiger partial charge in [-0.05, 0) is 48.8 Å². The predicted octanol–water partition coefficient (Wildman–Crippen LogP) is 5.40. The molecule has 0 nitrogen and oxygen atoms in total. The molecule has 0 radical (unpaired) electrons. The highest BCUT2D eigenvalue weighted by Gasteiger charge is 2.16. The molecule has 2 rings (SSSR count). The first kappa shape index (κ1) is 13.4. The zero-order chi connectivity index (χ0) is 13.0. The number of hydrogen-bond donors (Lipinski definition) is 0. The molecule has 1 saturated carbocycles. The molecule has 0 aliphatic heterocycles. The van der Waals surface area contributed by atoms with Crippen LogP contribution in [-0.4, -0.2) is 0 Å². The summed E-state index contributed by atoms with van der Waals surface area (Å²) in [5, 5.41) is 0. The molecule has 0 heterocycles. The maximum absolute atomic E-state index is 4.17. The molecular weight excluding hydrogens is 216 g/mol. The molecule has 0 aromatic heterocycles. The predicted molar refractivity (Wildman–Crippen MR) is 80.8 cm³/mol. The van der Waals surface area contributed by atoms with E-state index >= 15 is 0 Å². The highest BCUT2D eigenvalue weighted by molar-refractivity contribution is 5.67. The first-order valence-electron chi connectivity index (χ1n) is 7.49. The molecule has 0 atom stereocenters. The van der Waals surface area contributed by atoms with Gasteiger partial charge in [-0.15, -0.1) is 0 Å². The molecule has 18 heavy (non-hydrogen) atoms. The van der Waals surface area contributed by atoms with Crippen LogP contribution >= 0.6 is 0 Å². The summed E-state index contributed by atoms with van der Waals surface area (Å²) in [6.45, 7) is 8.56. The fourth-order valence-electron chi connectivity index (χ4n) is 3.36. The van der Waals surface area contributed by atoms with E-state index < -0.39 is 0 Å². The highest BCUT2D eigenvalue weighted by Crippen LogP contribution is 2.31. The van der Waals surface area contributed by atoms with Crippen LogP contribution < -0.4 is 0 Å². The van der Waals surface area contributed by atoms with E-state index in [9.17, 15) is 0 Å². The molecule has 98 valence electrons. The molecule has 1 aromatic carbocycles. The third-order valence-corrected chi connectivity index (χ3v) is 4.34. The third kappa shape index (κ3) is 3.04. The second-order valence-electron chi connectivity index (χ2n) is 5.77. The normalized spacial score (nSPS) is 16.1. The van der Waals surface area contributed by atoms with Crippen LogP contribution in [-0.2, 0) is 12.8 Å². The topological polar surface area (TPSA) is 0 Å². The Balaban J connectivity index is 2.13. The van der Waals surface area contributed by atoms with Gasteiger partial charge < -0.3 is 0 Å². The first-order valence-corrected chi connectivity index (χ1v) is 7.49. The van der Waals surface area contributed by atoms with Crippen molar-refractivity contribution in [2.75, 3.05) is 0 Å². The summed E-state index contributed by atoms with van der Waals surface area (Å²) < 4.78 is 0. The molecule has 0 heteroatoms. The molecule has 0 spiro atoms. The summed E-state index contributed by atoms with van der Waals surface area (Å²) >= 11 is 0. The van der Waals surface area contributed by atoms with E-state index in [-0.39, 0.29) is 0 Å². The number of rotatable bonds is 5. The molecule has 0 N–H and O–H groups in total. The molecule has 0 saturated heterocycles. The molecule has 0 bridgehead atoms. The fourth-order valence-corrected chi connectivity index (χ4v) is 3.36. The van der Waals surface area contributed by atoms with Gasteiger partial charge in [0.15, 0.2) is 0 Å². The zero-order valence-corrected chi connectivity index (χ0v) is 12.0. The summed E-state index contributed by atoms with van der Waals surface area (Å²) in [6, 6.07) is 6.77. The van der Waals surface area contributed by atoms with Crippen molar-refractivity contribution < 1.29 is 0 Å². The SMILES string of the molecule is C=C(C)c1c(CC)cccc1CCC1CCCC1. The van der Waals surface area contributed by atoms with Crippen LogP contribution in [0.3, 0.4) is 0 Å². The molecule has 1 fully saturated rings. The number of aryl methyl sites for hydroxylation is 2. The van der Waals surface area contributed by atoms with Crippen LogP contribution in [0.25, 0.3) is 5.57 Å². The van der Waals surface area contributed by atoms with Gasteiger partial charge in [0.25, 0.3) is 0 Å². The zero-order valence-electron chi connectivity index (χ0n) is 12.0. The van der Waals surface area contributed by atoms with Crippen LogP contribution in [0.2, 0.25) is 0 Å². The van der Waals surface area contributed by atoms with Crippen molar-refractivity contribution >= 4 is 5.57 Å². The summed E-state index contributed by atoms with van der Waals surface area (Å²) in [6.07, 6.45) is 9.53. The minimum absolute atomic E-state index is 0.980. The summed E-state index contributed by atoms with van der Waals surface area (Å²) in [5.74, 6) is 0.980. The molecule has 1 aromatic rings. The molecular formula is C18H26. The molecule has 1 aliphatic rings. The number of benzene rings is 1. The highest BCUT2D eigenvalue weighted by atomic mass is 14.2. The lowest BCUT2D eigenvalue weighted by Crippen LogP contribution is -2.01. The van der Waals surface area contributed by atoms with E-state index in [0.29, 0.717) is 0 Å². The number of allylic oxidation sites excluding steroid dienone is 1. The Kier molecular flexibility index (Phi) is 4.63. The molecule has 0 unspecified atom stereocenters. The Labute approximate surface area is 112 Å². The van der Waals surface area contributed by atoms with Crippen molar-refractivity contribution in [1.29, 1.82) is 0 Å². The van der Waals surface area contributed by atoms with E-state index in [2.05, 4.69) is 38.6 Å². The lowest BCUT2D eigenvalue weighted by molar-refractivity contribution is 0.503. The van der Waals surface area contributed by atoms with Crippen LogP contribution in [0.1, 0.15) is 62.6 Å². The summed E-state index contributed by atoms with van der Waals surface area (Å²) in [7, 11) is 0. The number of hydrogen-bond acceptors (Lipinski definition) is 0. The van der Waals surface area contributed by atoms with E-state index in [4.69, 9.17) is 0 Å². The van der Waals surface area contributed by atoms with Crippen molar-refractivity contribution in [3.8, 4) is 0 Å². The lowest BCUT2D eigenvalue weighted by Gasteiger charge is -2.16. The third-order valence-electron chi connectivity index (χ3n) is 4.34. The maximum Gasteiger partial charge on any atom is -0.0169 e. The van der Waals surface area contributed by atoms with E-state index in [0.717, 1.165) is 12.3 Å². The quantitative estimate of drug-likeness (QED) is 0.648. The lowest BCUT2D eigenvalue weighted by atomic mass is 9.90.